The molecule has 2 aromatic rings. The van der Waals surface area contributed by atoms with Crippen LogP contribution in [0.5, 0.6) is 0 Å². The standard InChI is InChI=1S/C15H19N5O2/c1-11-10-12(15(21)22)17-20(11)9-8-19-7-6-18(2)14-13(19)4-3-5-16-14/h3-5,10H,6-9H2,1-2H3,(H,21,22). The SMILES string of the molecule is Cc1cc(C(=O)O)nn1CCN1CCN(C)c2ncccc21. The summed E-state index contributed by atoms with van der Waals surface area (Å²) in [5, 5.41) is 13.1. The van der Waals surface area contributed by atoms with E-state index in [2.05, 4.69) is 25.9 Å². The summed E-state index contributed by atoms with van der Waals surface area (Å²) in [6, 6.07) is 5.60. The third kappa shape index (κ3) is 2.61. The zero-order valence-electron chi connectivity index (χ0n) is 12.7. The Bertz CT molecular complexity index is 697. The Labute approximate surface area is 128 Å². The molecule has 1 aliphatic rings. The Morgan fingerprint density at radius 1 is 1.36 bits per heavy atom. The van der Waals surface area contributed by atoms with Crippen molar-refractivity contribution in [1.29, 1.82) is 0 Å². The molecule has 0 atom stereocenters. The number of carboxylic acids is 1. The maximum atomic E-state index is 11.0. The van der Waals surface area contributed by atoms with Gasteiger partial charge in [-0.2, -0.15) is 5.10 Å². The third-order valence-electron chi connectivity index (χ3n) is 3.96. The fourth-order valence-electron chi connectivity index (χ4n) is 2.72. The van der Waals surface area contributed by atoms with Gasteiger partial charge in [0.15, 0.2) is 11.5 Å². The molecule has 0 fully saturated rings. The largest absolute Gasteiger partial charge is 0.476 e. The monoisotopic (exact) mass is 301 g/mol. The second-order valence-corrected chi connectivity index (χ2v) is 5.45. The lowest BCUT2D eigenvalue weighted by Crippen LogP contribution is -2.41. The Morgan fingerprint density at radius 3 is 2.91 bits per heavy atom. The highest BCUT2D eigenvalue weighted by atomic mass is 16.4. The summed E-state index contributed by atoms with van der Waals surface area (Å²) in [6.07, 6.45) is 1.80. The van der Waals surface area contributed by atoms with E-state index in [-0.39, 0.29) is 5.69 Å². The zero-order valence-corrected chi connectivity index (χ0v) is 12.7. The lowest BCUT2D eigenvalue weighted by atomic mass is 10.2. The Balaban J connectivity index is 1.75. The summed E-state index contributed by atoms with van der Waals surface area (Å²) in [7, 11) is 2.04. The van der Waals surface area contributed by atoms with Gasteiger partial charge < -0.3 is 14.9 Å². The van der Waals surface area contributed by atoms with Crippen LogP contribution in [-0.4, -0.2) is 52.5 Å². The average molecular weight is 301 g/mol. The molecule has 0 bridgehead atoms. The van der Waals surface area contributed by atoms with E-state index >= 15 is 0 Å². The van der Waals surface area contributed by atoms with Crippen LogP contribution in [0.3, 0.4) is 0 Å². The Morgan fingerprint density at radius 2 is 2.18 bits per heavy atom. The van der Waals surface area contributed by atoms with Crippen LogP contribution in [0.1, 0.15) is 16.2 Å². The predicted molar refractivity (Wildman–Crippen MR) is 83.6 cm³/mol. The summed E-state index contributed by atoms with van der Waals surface area (Å²) >= 11 is 0. The van der Waals surface area contributed by atoms with E-state index < -0.39 is 5.97 Å². The van der Waals surface area contributed by atoms with Gasteiger partial charge >= 0.3 is 5.97 Å². The Kier molecular flexibility index (Phi) is 3.70. The molecule has 0 saturated carbocycles. The first-order valence-electron chi connectivity index (χ1n) is 7.25. The number of aromatic carboxylic acids is 1. The quantitative estimate of drug-likeness (QED) is 0.916. The summed E-state index contributed by atoms with van der Waals surface area (Å²) in [5.74, 6) is -0.00634. The fraction of sp³-hybridized carbons (Fsp3) is 0.400. The van der Waals surface area contributed by atoms with Gasteiger partial charge in [-0.3, -0.25) is 4.68 Å². The summed E-state index contributed by atoms with van der Waals surface area (Å²) in [4.78, 5) is 19.8. The Hall–Kier alpha value is -2.57. The lowest BCUT2D eigenvalue weighted by Gasteiger charge is -2.35. The first-order chi connectivity index (χ1) is 10.6. The van der Waals surface area contributed by atoms with Gasteiger partial charge in [0.1, 0.15) is 0 Å². The molecule has 3 heterocycles. The molecule has 0 aliphatic carbocycles. The number of aryl methyl sites for hydroxylation is 1. The van der Waals surface area contributed by atoms with Crippen molar-refractivity contribution in [3.63, 3.8) is 0 Å². The number of fused-ring (bicyclic) bond motifs is 1. The highest BCUT2D eigenvalue weighted by Gasteiger charge is 2.21. The van der Waals surface area contributed by atoms with Crippen molar-refractivity contribution in [3.05, 3.63) is 35.8 Å². The van der Waals surface area contributed by atoms with Gasteiger partial charge in [-0.1, -0.05) is 0 Å². The number of pyridine rings is 1. The van der Waals surface area contributed by atoms with Crippen molar-refractivity contribution >= 4 is 17.5 Å². The van der Waals surface area contributed by atoms with E-state index in [9.17, 15) is 4.79 Å². The molecule has 0 unspecified atom stereocenters. The van der Waals surface area contributed by atoms with Crippen molar-refractivity contribution in [2.24, 2.45) is 0 Å². The highest BCUT2D eigenvalue weighted by molar-refractivity contribution is 5.85. The second kappa shape index (κ2) is 5.67. The molecule has 2 aromatic heterocycles. The number of likely N-dealkylation sites (N-methyl/N-ethyl adjacent to an activating group) is 1. The number of carboxylic acid groups (broad SMARTS) is 1. The molecule has 0 radical (unpaired) electrons. The molecular formula is C15H19N5O2. The maximum Gasteiger partial charge on any atom is 0.356 e. The van der Waals surface area contributed by atoms with Crippen LogP contribution < -0.4 is 9.80 Å². The van der Waals surface area contributed by atoms with Gasteiger partial charge in [0.05, 0.1) is 12.2 Å². The molecule has 7 heteroatoms. The fourth-order valence-corrected chi connectivity index (χ4v) is 2.72. The molecule has 0 aromatic carbocycles. The smallest absolute Gasteiger partial charge is 0.356 e. The number of rotatable bonds is 4. The van der Waals surface area contributed by atoms with Gasteiger partial charge in [-0.15, -0.1) is 0 Å². The number of aromatic nitrogens is 3. The van der Waals surface area contributed by atoms with Crippen LogP contribution >= 0.6 is 0 Å². The average Bonchev–Trinajstić information content (AvgIpc) is 2.88. The molecule has 0 saturated heterocycles. The maximum absolute atomic E-state index is 11.0. The highest BCUT2D eigenvalue weighted by Crippen LogP contribution is 2.29. The van der Waals surface area contributed by atoms with Crippen molar-refractivity contribution in [1.82, 2.24) is 14.8 Å². The normalized spacial score (nSPS) is 14.1. The summed E-state index contributed by atoms with van der Waals surface area (Å²) < 4.78 is 1.75. The molecule has 1 N–H and O–H groups in total. The molecule has 1 aliphatic heterocycles. The minimum atomic E-state index is -0.990. The second-order valence-electron chi connectivity index (χ2n) is 5.45. The number of nitrogens with zero attached hydrogens (tertiary/aromatic N) is 5. The van der Waals surface area contributed by atoms with E-state index in [1.165, 1.54) is 0 Å². The summed E-state index contributed by atoms with van der Waals surface area (Å²) in [6.45, 7) is 5.13. The number of anilines is 2. The van der Waals surface area contributed by atoms with Crippen LogP contribution in [0, 0.1) is 6.92 Å². The van der Waals surface area contributed by atoms with Gasteiger partial charge in [0.2, 0.25) is 0 Å². The first-order valence-corrected chi connectivity index (χ1v) is 7.25. The van der Waals surface area contributed by atoms with E-state index in [1.54, 1.807) is 16.9 Å². The molecule has 22 heavy (non-hydrogen) atoms. The van der Waals surface area contributed by atoms with Crippen molar-refractivity contribution in [2.45, 2.75) is 13.5 Å². The predicted octanol–water partition coefficient (Wildman–Crippen LogP) is 1.24. The minimum Gasteiger partial charge on any atom is -0.476 e. The van der Waals surface area contributed by atoms with E-state index in [0.717, 1.165) is 36.8 Å². The topological polar surface area (TPSA) is 74.5 Å². The van der Waals surface area contributed by atoms with Crippen LogP contribution in [0.15, 0.2) is 24.4 Å². The van der Waals surface area contributed by atoms with Crippen LogP contribution in [0.4, 0.5) is 11.5 Å². The van der Waals surface area contributed by atoms with Gasteiger partial charge in [0.25, 0.3) is 0 Å². The van der Waals surface area contributed by atoms with E-state index in [4.69, 9.17) is 5.11 Å². The lowest BCUT2D eigenvalue weighted by molar-refractivity contribution is 0.0689. The van der Waals surface area contributed by atoms with Crippen molar-refractivity contribution in [2.75, 3.05) is 36.5 Å². The summed E-state index contributed by atoms with van der Waals surface area (Å²) in [5.41, 5.74) is 2.07. The molecule has 116 valence electrons. The number of carbonyl (C=O) groups is 1. The number of hydrogen-bond acceptors (Lipinski definition) is 5. The van der Waals surface area contributed by atoms with Gasteiger partial charge in [-0.25, -0.2) is 9.78 Å². The van der Waals surface area contributed by atoms with Crippen molar-refractivity contribution < 1.29 is 9.90 Å². The van der Waals surface area contributed by atoms with Crippen LogP contribution in [-0.2, 0) is 6.54 Å². The molecular weight excluding hydrogens is 282 g/mol. The van der Waals surface area contributed by atoms with E-state index in [1.807, 2.05) is 20.0 Å². The number of hydrogen-bond donors (Lipinski definition) is 1. The van der Waals surface area contributed by atoms with E-state index in [0.29, 0.717) is 6.54 Å². The molecule has 3 rings (SSSR count). The van der Waals surface area contributed by atoms with Gasteiger partial charge in [0, 0.05) is 38.6 Å². The molecule has 0 amide bonds. The molecule has 7 nitrogen and oxygen atoms in total. The zero-order chi connectivity index (χ0) is 15.7. The van der Waals surface area contributed by atoms with Gasteiger partial charge in [-0.05, 0) is 25.1 Å². The minimum absolute atomic E-state index is 0.0953. The van der Waals surface area contributed by atoms with Crippen LogP contribution in [0.2, 0.25) is 0 Å². The third-order valence-corrected chi connectivity index (χ3v) is 3.96. The van der Waals surface area contributed by atoms with Crippen molar-refractivity contribution in [3.8, 4) is 0 Å². The molecule has 0 spiro atoms. The van der Waals surface area contributed by atoms with Crippen LogP contribution in [0.25, 0.3) is 0 Å². The first kappa shape index (κ1) is 14.4.